The number of esters is 1. The van der Waals surface area contributed by atoms with Crippen LogP contribution in [0, 0.1) is 0 Å². The summed E-state index contributed by atoms with van der Waals surface area (Å²) in [6.07, 6.45) is -0.611. The lowest BCUT2D eigenvalue weighted by Gasteiger charge is -2.07. The molecule has 0 saturated carbocycles. The van der Waals surface area contributed by atoms with Gasteiger partial charge in [0.05, 0.1) is 0 Å². The number of ether oxygens (including phenoxy) is 1. The van der Waals surface area contributed by atoms with Gasteiger partial charge in [0.25, 0.3) is 0 Å². The number of furan rings is 1. The van der Waals surface area contributed by atoms with Crippen LogP contribution >= 0.6 is 0 Å². The average Bonchev–Trinajstić information content (AvgIpc) is 2.53. The van der Waals surface area contributed by atoms with E-state index >= 15 is 0 Å². The molecule has 0 aliphatic rings. The molecule has 88 valence electrons. The third-order valence-electron chi connectivity index (χ3n) is 1.72. The summed E-state index contributed by atoms with van der Waals surface area (Å²) in [6, 6.07) is 0. The summed E-state index contributed by atoms with van der Waals surface area (Å²) >= 11 is 0. The van der Waals surface area contributed by atoms with Crippen molar-refractivity contribution in [3.63, 3.8) is 0 Å². The molecule has 1 aromatic rings. The van der Waals surface area contributed by atoms with Gasteiger partial charge in [-0.1, -0.05) is 6.58 Å². The van der Waals surface area contributed by atoms with Gasteiger partial charge in [-0.25, -0.2) is 4.79 Å². The molecule has 0 amide bonds. The molecule has 4 N–H and O–H groups in total. The van der Waals surface area contributed by atoms with Crippen molar-refractivity contribution < 1.29 is 34.4 Å². The molecule has 1 heterocycles. The number of hydrogen-bond donors (Lipinski definition) is 4. The highest BCUT2D eigenvalue weighted by molar-refractivity contribution is 5.81. The summed E-state index contributed by atoms with van der Waals surface area (Å²) in [5, 5.41) is 36.4. The topological polar surface area (TPSA) is 120 Å². The Balaban J connectivity index is 2.73. The predicted octanol–water partition coefficient (Wildman–Crippen LogP) is 0.159. The number of aromatic hydroxyl groups is 3. The molecular weight excluding hydrogens is 220 g/mol. The number of carbonyl (C=O) groups is 1. The molecule has 0 fully saturated rings. The molecule has 0 saturated heterocycles. The zero-order valence-corrected chi connectivity index (χ0v) is 8.08. The van der Waals surface area contributed by atoms with Crippen molar-refractivity contribution >= 4 is 5.97 Å². The van der Waals surface area contributed by atoms with Crippen LogP contribution in [0.1, 0.15) is 11.9 Å². The van der Waals surface area contributed by atoms with Gasteiger partial charge in [0.1, 0.15) is 12.7 Å². The Morgan fingerprint density at radius 3 is 2.50 bits per heavy atom. The molecule has 1 aromatic heterocycles. The quantitative estimate of drug-likeness (QED) is 0.429. The number of carbonyl (C=O) groups excluding carboxylic acids is 1. The van der Waals surface area contributed by atoms with Crippen LogP contribution in [0.2, 0.25) is 0 Å². The third kappa shape index (κ3) is 2.26. The van der Waals surface area contributed by atoms with Crippen LogP contribution in [0.25, 0.3) is 0 Å². The van der Waals surface area contributed by atoms with E-state index in [1.165, 1.54) is 0 Å². The Morgan fingerprint density at radius 1 is 1.44 bits per heavy atom. The van der Waals surface area contributed by atoms with E-state index in [4.69, 9.17) is 10.2 Å². The van der Waals surface area contributed by atoms with Crippen molar-refractivity contribution in [1.29, 1.82) is 0 Å². The van der Waals surface area contributed by atoms with Gasteiger partial charge in [0, 0.05) is 6.08 Å². The lowest BCUT2D eigenvalue weighted by atomic mass is 10.2. The van der Waals surface area contributed by atoms with Crippen LogP contribution in [0.3, 0.4) is 0 Å². The first-order valence-corrected chi connectivity index (χ1v) is 4.18. The van der Waals surface area contributed by atoms with Crippen molar-refractivity contribution in [1.82, 2.24) is 0 Å². The maximum absolute atomic E-state index is 10.7. The lowest BCUT2D eigenvalue weighted by Crippen LogP contribution is -2.10. The van der Waals surface area contributed by atoms with Crippen LogP contribution in [0.5, 0.6) is 17.4 Å². The third-order valence-corrected chi connectivity index (χ3v) is 1.72. The SMILES string of the molecule is C=CC(=O)OC[C@H](O)c1oc(O)c(O)c1O. The first kappa shape index (κ1) is 11.9. The summed E-state index contributed by atoms with van der Waals surface area (Å²) < 4.78 is 8.93. The number of rotatable bonds is 4. The molecule has 0 aromatic carbocycles. The average molecular weight is 230 g/mol. The fourth-order valence-corrected chi connectivity index (χ4v) is 0.940. The van der Waals surface area contributed by atoms with E-state index in [1.54, 1.807) is 0 Å². The van der Waals surface area contributed by atoms with E-state index in [9.17, 15) is 15.0 Å². The highest BCUT2D eigenvalue weighted by Gasteiger charge is 2.25. The van der Waals surface area contributed by atoms with E-state index in [0.29, 0.717) is 0 Å². The van der Waals surface area contributed by atoms with E-state index in [-0.39, 0.29) is 0 Å². The maximum Gasteiger partial charge on any atom is 0.330 e. The van der Waals surface area contributed by atoms with E-state index in [1.807, 2.05) is 0 Å². The molecule has 0 aliphatic heterocycles. The highest BCUT2D eigenvalue weighted by atomic mass is 16.5. The summed E-state index contributed by atoms with van der Waals surface area (Å²) in [5.74, 6) is -3.88. The highest BCUT2D eigenvalue weighted by Crippen LogP contribution is 2.43. The van der Waals surface area contributed by atoms with Gasteiger partial charge in [-0.05, 0) is 0 Å². The fourth-order valence-electron chi connectivity index (χ4n) is 0.940. The second kappa shape index (κ2) is 4.58. The van der Waals surface area contributed by atoms with Crippen LogP contribution in [0.4, 0.5) is 0 Å². The van der Waals surface area contributed by atoms with Crippen molar-refractivity contribution in [2.45, 2.75) is 6.10 Å². The zero-order chi connectivity index (χ0) is 12.3. The van der Waals surface area contributed by atoms with Crippen molar-refractivity contribution in [2.24, 2.45) is 0 Å². The van der Waals surface area contributed by atoms with Gasteiger partial charge >= 0.3 is 11.9 Å². The first-order valence-electron chi connectivity index (χ1n) is 4.18. The molecular formula is C9H10O7. The van der Waals surface area contributed by atoms with Gasteiger partial charge in [-0.3, -0.25) is 0 Å². The van der Waals surface area contributed by atoms with Crippen molar-refractivity contribution in [3.05, 3.63) is 18.4 Å². The van der Waals surface area contributed by atoms with Crippen molar-refractivity contribution in [3.8, 4) is 17.4 Å². The van der Waals surface area contributed by atoms with Crippen molar-refractivity contribution in [2.75, 3.05) is 6.61 Å². The minimum Gasteiger partial charge on any atom is -0.502 e. The van der Waals surface area contributed by atoms with E-state index in [0.717, 1.165) is 6.08 Å². The van der Waals surface area contributed by atoms with Crippen LogP contribution in [-0.2, 0) is 9.53 Å². The molecule has 0 unspecified atom stereocenters. The summed E-state index contributed by atoms with van der Waals surface area (Å²) in [7, 11) is 0. The summed E-state index contributed by atoms with van der Waals surface area (Å²) in [6.45, 7) is 2.63. The summed E-state index contributed by atoms with van der Waals surface area (Å²) in [4.78, 5) is 10.7. The standard InChI is InChI=1S/C9H10O7/c1-2-5(11)15-3-4(10)8-6(12)7(13)9(14)16-8/h2,4,10,12-14H,1,3H2/t4-/m0/s1. The van der Waals surface area contributed by atoms with Crippen LogP contribution in [-0.4, -0.2) is 33.0 Å². The second-order valence-electron chi connectivity index (χ2n) is 2.82. The number of aliphatic hydroxyl groups is 1. The minimum absolute atomic E-state index is 0.494. The minimum atomic E-state index is -1.50. The Hall–Kier alpha value is -2.15. The van der Waals surface area contributed by atoms with Gasteiger partial charge in [0.2, 0.25) is 11.5 Å². The van der Waals surface area contributed by atoms with Gasteiger partial charge in [-0.15, -0.1) is 0 Å². The van der Waals surface area contributed by atoms with E-state index in [2.05, 4.69) is 15.7 Å². The first-order chi connectivity index (χ1) is 7.47. The predicted molar refractivity (Wildman–Crippen MR) is 49.8 cm³/mol. The van der Waals surface area contributed by atoms with Gasteiger partial charge in [-0.2, -0.15) is 0 Å². The zero-order valence-electron chi connectivity index (χ0n) is 8.08. The molecule has 0 bridgehead atoms. The Labute approximate surface area is 89.8 Å². The Kier molecular flexibility index (Phi) is 3.41. The molecule has 7 nitrogen and oxygen atoms in total. The van der Waals surface area contributed by atoms with Gasteiger partial charge in [0.15, 0.2) is 5.76 Å². The number of hydrogen-bond acceptors (Lipinski definition) is 7. The molecule has 16 heavy (non-hydrogen) atoms. The van der Waals surface area contributed by atoms with E-state index < -0.39 is 41.9 Å². The Morgan fingerprint density at radius 2 is 2.06 bits per heavy atom. The van der Waals surface area contributed by atoms with Gasteiger partial charge < -0.3 is 29.6 Å². The fraction of sp³-hybridized carbons (Fsp3) is 0.222. The lowest BCUT2D eigenvalue weighted by molar-refractivity contribution is -0.141. The smallest absolute Gasteiger partial charge is 0.330 e. The molecule has 1 atom stereocenters. The molecule has 1 rings (SSSR count). The maximum atomic E-state index is 10.7. The Bertz CT molecular complexity index is 406. The second-order valence-corrected chi connectivity index (χ2v) is 2.82. The number of aliphatic hydroxyl groups excluding tert-OH is 1. The van der Waals surface area contributed by atoms with Crippen LogP contribution < -0.4 is 0 Å². The monoisotopic (exact) mass is 230 g/mol. The largest absolute Gasteiger partial charge is 0.502 e. The van der Waals surface area contributed by atoms with Crippen LogP contribution in [0.15, 0.2) is 17.1 Å². The molecule has 7 heteroatoms. The molecule has 0 radical (unpaired) electrons. The molecule has 0 spiro atoms. The summed E-state index contributed by atoms with van der Waals surface area (Å²) in [5.41, 5.74) is 0. The normalized spacial score (nSPS) is 12.1. The molecule has 0 aliphatic carbocycles.